The Morgan fingerprint density at radius 2 is 2.09 bits per heavy atom. The van der Waals surface area contributed by atoms with E-state index in [1.807, 2.05) is 29.8 Å². The molecule has 32 heavy (non-hydrogen) atoms. The monoisotopic (exact) mass is 452 g/mol. The number of ether oxygens (including phenoxy) is 1. The highest BCUT2D eigenvalue weighted by Crippen LogP contribution is 2.25. The molecule has 1 aliphatic heterocycles. The summed E-state index contributed by atoms with van der Waals surface area (Å²) in [7, 11) is 0. The topological polar surface area (TPSA) is 135 Å². The van der Waals surface area contributed by atoms with Crippen LogP contribution in [-0.4, -0.2) is 61.0 Å². The minimum Gasteiger partial charge on any atom is -0.475 e. The fourth-order valence-corrected chi connectivity index (χ4v) is 2.89. The summed E-state index contributed by atoms with van der Waals surface area (Å²) in [6, 6.07) is 9.79. The van der Waals surface area contributed by atoms with Gasteiger partial charge < -0.3 is 15.2 Å². The van der Waals surface area contributed by atoms with Crippen molar-refractivity contribution < 1.29 is 32.6 Å². The fraction of sp³-hybridized carbons (Fsp3) is 0.316. The minimum atomic E-state index is -5.08. The van der Waals surface area contributed by atoms with Gasteiger partial charge in [-0.15, -0.1) is 5.10 Å². The first-order valence-corrected chi connectivity index (χ1v) is 9.34. The maximum absolute atomic E-state index is 11.9. The number of carbonyl (C=O) groups excluding carboxylic acids is 1. The Labute approximate surface area is 179 Å². The number of benzene rings is 1. The van der Waals surface area contributed by atoms with Crippen molar-refractivity contribution in [1.82, 2.24) is 30.5 Å². The highest BCUT2D eigenvalue weighted by atomic mass is 19.4. The van der Waals surface area contributed by atoms with E-state index in [0.717, 1.165) is 17.0 Å². The summed E-state index contributed by atoms with van der Waals surface area (Å²) < 4.78 is 39.5. The van der Waals surface area contributed by atoms with Crippen molar-refractivity contribution in [3.63, 3.8) is 0 Å². The first kappa shape index (κ1) is 22.9. The smallest absolute Gasteiger partial charge is 0.475 e. The number of aryl methyl sites for hydroxylation is 1. The van der Waals surface area contributed by atoms with Gasteiger partial charge in [-0.1, -0.05) is 29.0 Å². The van der Waals surface area contributed by atoms with Crippen molar-refractivity contribution in [3.8, 4) is 11.3 Å². The molecule has 0 fully saturated rings. The van der Waals surface area contributed by atoms with Gasteiger partial charge in [0.25, 0.3) is 5.91 Å². The van der Waals surface area contributed by atoms with Crippen LogP contribution in [0.4, 0.5) is 13.2 Å². The van der Waals surface area contributed by atoms with E-state index >= 15 is 0 Å². The summed E-state index contributed by atoms with van der Waals surface area (Å²) in [6.45, 7) is 3.42. The van der Waals surface area contributed by atoms with Crippen LogP contribution in [0.3, 0.4) is 0 Å². The maximum Gasteiger partial charge on any atom is 0.490 e. The molecule has 2 aromatic heterocycles. The van der Waals surface area contributed by atoms with Crippen molar-refractivity contribution in [2.75, 3.05) is 6.54 Å². The number of hydrogen-bond donors (Lipinski definition) is 3. The van der Waals surface area contributed by atoms with Gasteiger partial charge >= 0.3 is 12.1 Å². The number of nitrogens with one attached hydrogen (secondary N) is 2. The largest absolute Gasteiger partial charge is 0.490 e. The lowest BCUT2D eigenvalue weighted by atomic mass is 10.1. The molecule has 3 aromatic rings. The molecule has 0 radical (unpaired) electrons. The molecule has 1 atom stereocenters. The predicted molar refractivity (Wildman–Crippen MR) is 103 cm³/mol. The molecule has 0 aliphatic carbocycles. The average Bonchev–Trinajstić information content (AvgIpc) is 3.41. The van der Waals surface area contributed by atoms with Gasteiger partial charge in [-0.2, -0.15) is 18.3 Å². The molecule has 4 rings (SSSR count). The van der Waals surface area contributed by atoms with Crippen LogP contribution in [0.15, 0.2) is 36.5 Å². The van der Waals surface area contributed by atoms with Gasteiger partial charge in [0.05, 0.1) is 24.9 Å². The van der Waals surface area contributed by atoms with E-state index in [9.17, 15) is 18.0 Å². The van der Waals surface area contributed by atoms with Crippen molar-refractivity contribution in [2.45, 2.75) is 32.4 Å². The molecular weight excluding hydrogens is 433 g/mol. The first-order chi connectivity index (χ1) is 15.1. The van der Waals surface area contributed by atoms with Crippen molar-refractivity contribution in [2.24, 2.45) is 0 Å². The summed E-state index contributed by atoms with van der Waals surface area (Å²) in [5, 5.41) is 24.9. The molecule has 10 nitrogen and oxygen atoms in total. The molecule has 1 aromatic carbocycles. The number of aromatic amines is 1. The zero-order valence-electron chi connectivity index (χ0n) is 16.8. The number of hydrogen-bond acceptors (Lipinski definition) is 6. The van der Waals surface area contributed by atoms with Gasteiger partial charge in [-0.3, -0.25) is 9.89 Å². The van der Waals surface area contributed by atoms with Gasteiger partial charge in [0.1, 0.15) is 11.4 Å². The summed E-state index contributed by atoms with van der Waals surface area (Å²) >= 11 is 0. The average molecular weight is 452 g/mol. The zero-order valence-corrected chi connectivity index (χ0v) is 16.8. The number of H-pyrrole nitrogens is 1. The van der Waals surface area contributed by atoms with Crippen LogP contribution in [0, 0.1) is 6.92 Å². The normalized spacial score (nSPS) is 15.3. The number of aliphatic carboxylic acids is 1. The van der Waals surface area contributed by atoms with E-state index in [2.05, 4.69) is 31.9 Å². The Hall–Kier alpha value is -3.74. The Morgan fingerprint density at radius 3 is 2.72 bits per heavy atom. The fourth-order valence-electron chi connectivity index (χ4n) is 2.89. The number of carboxylic acid groups (broad SMARTS) is 1. The van der Waals surface area contributed by atoms with Crippen LogP contribution in [0.5, 0.6) is 0 Å². The summed E-state index contributed by atoms with van der Waals surface area (Å²) in [4.78, 5) is 20.8. The molecule has 0 saturated carbocycles. The predicted octanol–water partition coefficient (Wildman–Crippen LogP) is 1.94. The van der Waals surface area contributed by atoms with Crippen molar-refractivity contribution in [3.05, 3.63) is 53.5 Å². The number of nitrogens with zero attached hydrogens (tertiary/aromatic N) is 4. The lowest BCUT2D eigenvalue weighted by molar-refractivity contribution is -0.192. The number of fused-ring (bicyclic) bond motifs is 1. The molecule has 0 spiro atoms. The van der Waals surface area contributed by atoms with Crippen LogP contribution in [0.2, 0.25) is 0 Å². The SMILES string of the molecule is Cc1cccc(-c2nnn3c2COC(CNC(=O)c2ccn[nH]2)C3)c1.O=C(O)C(F)(F)F. The molecule has 3 N–H and O–H groups in total. The van der Waals surface area contributed by atoms with E-state index < -0.39 is 12.1 Å². The number of halogens is 3. The quantitative estimate of drug-likeness (QED) is 0.551. The third kappa shape index (κ3) is 5.69. The molecule has 13 heteroatoms. The van der Waals surface area contributed by atoms with Gasteiger partial charge in [0, 0.05) is 18.3 Å². The molecular formula is C19H19F3N6O4. The van der Waals surface area contributed by atoms with E-state index in [1.165, 1.54) is 5.56 Å². The Bertz CT molecular complexity index is 1080. The second-order valence-corrected chi connectivity index (χ2v) is 6.85. The third-order valence-electron chi connectivity index (χ3n) is 4.44. The van der Waals surface area contributed by atoms with Gasteiger partial charge in [0.2, 0.25) is 0 Å². The highest BCUT2D eigenvalue weighted by Gasteiger charge is 2.38. The van der Waals surface area contributed by atoms with Crippen LogP contribution in [0.1, 0.15) is 21.7 Å². The first-order valence-electron chi connectivity index (χ1n) is 9.34. The molecule has 0 bridgehead atoms. The number of amides is 1. The van der Waals surface area contributed by atoms with Crippen LogP contribution in [-0.2, 0) is 22.7 Å². The van der Waals surface area contributed by atoms with Gasteiger partial charge in [-0.25, -0.2) is 9.48 Å². The Morgan fingerprint density at radius 1 is 1.34 bits per heavy atom. The Balaban J connectivity index is 0.000000360. The zero-order chi connectivity index (χ0) is 23.3. The second-order valence-electron chi connectivity index (χ2n) is 6.85. The van der Waals surface area contributed by atoms with Crippen LogP contribution >= 0.6 is 0 Å². The summed E-state index contributed by atoms with van der Waals surface area (Å²) in [6.07, 6.45) is -3.69. The van der Waals surface area contributed by atoms with Gasteiger partial charge in [-0.05, 0) is 19.1 Å². The summed E-state index contributed by atoms with van der Waals surface area (Å²) in [5.41, 5.74) is 4.45. The molecule has 1 amide bonds. The number of alkyl halides is 3. The van der Waals surface area contributed by atoms with Crippen LogP contribution < -0.4 is 5.32 Å². The minimum absolute atomic E-state index is 0.147. The van der Waals surface area contributed by atoms with Crippen molar-refractivity contribution >= 4 is 11.9 Å². The molecule has 0 saturated heterocycles. The lowest BCUT2D eigenvalue weighted by Crippen LogP contribution is -2.39. The lowest BCUT2D eigenvalue weighted by Gasteiger charge is -2.24. The molecule has 3 heterocycles. The molecule has 1 unspecified atom stereocenters. The maximum atomic E-state index is 11.9. The number of aromatic nitrogens is 5. The van der Waals surface area contributed by atoms with E-state index in [0.29, 0.717) is 25.4 Å². The van der Waals surface area contributed by atoms with Crippen LogP contribution in [0.25, 0.3) is 11.3 Å². The highest BCUT2D eigenvalue weighted by molar-refractivity contribution is 5.92. The third-order valence-corrected chi connectivity index (χ3v) is 4.44. The summed E-state index contributed by atoms with van der Waals surface area (Å²) in [5.74, 6) is -2.96. The van der Waals surface area contributed by atoms with Gasteiger partial charge in [0.15, 0.2) is 0 Å². The molecule has 1 aliphatic rings. The number of rotatable bonds is 4. The van der Waals surface area contributed by atoms with E-state index in [-0.39, 0.29) is 12.0 Å². The second kappa shape index (κ2) is 9.60. The number of carbonyl (C=O) groups is 2. The Kier molecular flexibility index (Phi) is 6.88. The number of carboxylic acids is 1. The standard InChI is InChI=1S/C17H18N6O2.C2HF3O2/c1-11-3-2-4-12(7-11)16-15-10-25-13(9-23(15)22-21-16)8-18-17(24)14-5-6-19-20-14;3-2(4,5)1(6)7/h2-7,13H,8-10H2,1H3,(H,18,24)(H,19,20);(H,6,7). The van der Waals surface area contributed by atoms with E-state index in [4.69, 9.17) is 14.6 Å². The van der Waals surface area contributed by atoms with Crippen molar-refractivity contribution in [1.29, 1.82) is 0 Å². The molecule has 170 valence electrons. The van der Waals surface area contributed by atoms with E-state index in [1.54, 1.807) is 12.3 Å².